The van der Waals surface area contributed by atoms with Gasteiger partial charge in [0.25, 0.3) is 5.52 Å². The number of para-hydroxylation sites is 1. The molecular formula is C64H74N7O13PS. The first-order chi connectivity index (χ1) is 40.9. The number of Topliss-reactive ketones (excluding diaryl/α,β-unsaturated/α-hetero) is 2. The number of rotatable bonds is 26. The molecule has 1 saturated heterocycles. The molecule has 3 aliphatic rings. The van der Waals surface area contributed by atoms with Crippen LogP contribution in [0.25, 0.3) is 21.3 Å². The number of likely N-dealkylation sites (tertiary alicyclic amines) is 1. The number of β-amino-alcohol motifs (C(OH)–C–C–N with tert-alkyl or cyclic N) is 1. The van der Waals surface area contributed by atoms with Crippen molar-refractivity contribution in [1.29, 1.82) is 0 Å². The minimum atomic E-state index is -5.04. The number of nitrogens with zero attached hydrogens (tertiary/aromatic N) is 3. The lowest BCUT2D eigenvalue weighted by molar-refractivity contribution is -0.146. The number of ether oxygens (including phenoxy) is 1. The second-order valence-electron chi connectivity index (χ2n) is 24.0. The van der Waals surface area contributed by atoms with E-state index in [4.69, 9.17) is 10.5 Å². The number of benzene rings is 4. The van der Waals surface area contributed by atoms with E-state index in [1.807, 2.05) is 99.9 Å². The number of amides is 5. The van der Waals surface area contributed by atoms with Gasteiger partial charge in [-0.3, -0.25) is 47.8 Å². The third kappa shape index (κ3) is 15.1. The third-order valence-corrected chi connectivity index (χ3v) is 18.4. The Labute approximate surface area is 502 Å². The smallest absolute Gasteiger partial charge is 0.396 e. The van der Waals surface area contributed by atoms with Crippen LogP contribution in [0.1, 0.15) is 134 Å². The molecule has 3 aliphatic heterocycles. The van der Waals surface area contributed by atoms with Crippen molar-refractivity contribution in [3.8, 4) is 16.2 Å². The van der Waals surface area contributed by atoms with Crippen LogP contribution in [0.2, 0.25) is 0 Å². The topological polar surface area (TPSA) is 309 Å². The van der Waals surface area contributed by atoms with Crippen LogP contribution in [-0.2, 0) is 59.1 Å². The van der Waals surface area contributed by atoms with Gasteiger partial charge in [0, 0.05) is 79.9 Å². The standard InChI is InChI=1S/C64H74N7O13PS/c1-37-58(86-36-67-37)41-17-13-39(14-18-41)33-66-59(76)53-32-48(73)34-70(53)62(79)50(64(2,3)4)31-47(72)12-7-5-6-9-38-15-23-49(24-16-38)84-35-46(22-26-56(65)75)68-60(77)54-29-42-11-8-10-40-19-20-43(61(78)71(54)57(40)42)30-55(74)52-28-45-27-44(21-25-51(45)69-52)63(80)85(81,82)83/h8,10-11,13-18,21,23-25,27-28,36,43,46,48,50,53-54,69,73H,5-7,9,12,19-20,22,26,29-35H2,1-4H3,(H2,65,75)(H,66,76)(H,68,77)(H2,81,82,83)/t43-,46+,48-,50-,53+,54+/m1/s1. The zero-order valence-electron chi connectivity index (χ0n) is 48.7. The van der Waals surface area contributed by atoms with Crippen LogP contribution in [0.15, 0.2) is 96.5 Å². The van der Waals surface area contributed by atoms with Crippen LogP contribution >= 0.6 is 18.9 Å². The van der Waals surface area contributed by atoms with Crippen molar-refractivity contribution < 1.29 is 62.6 Å². The molecule has 6 atom stereocenters. The first-order valence-corrected chi connectivity index (χ1v) is 31.7. The summed E-state index contributed by atoms with van der Waals surface area (Å²) in [5, 5.41) is 17.0. The SMILES string of the molecule is Cc1ncsc1-c1ccc(CNC(=O)[C@@H]2C[C@@H](O)CN2C(=O)[C@@H](CC(=O)CCCCCc2ccc(OC[C@H](CCC(N)=O)NC(=O)[C@@H]3Cc4cccc5c4N3C(=O)[C@@H](CC(=O)c3cc4cc(C(=O)P(=O)(O)O)ccc4[nH]3)CC5)cc2)C(C)(C)C)cc1. The number of carbonyl (C=O) groups is 8. The number of hydrogen-bond donors (Lipinski definition) is 7. The van der Waals surface area contributed by atoms with E-state index >= 15 is 0 Å². The maximum absolute atomic E-state index is 14.6. The molecule has 4 aromatic carbocycles. The number of unbranched alkanes of at least 4 members (excludes halogenated alkanes) is 2. The highest BCUT2D eigenvalue weighted by molar-refractivity contribution is 7.70. The van der Waals surface area contributed by atoms with E-state index in [0.29, 0.717) is 48.0 Å². The summed E-state index contributed by atoms with van der Waals surface area (Å²) in [4.78, 5) is 138. The lowest BCUT2D eigenvalue weighted by atomic mass is 9.76. The molecule has 22 heteroatoms. The van der Waals surface area contributed by atoms with Gasteiger partial charge in [0.15, 0.2) is 5.78 Å². The Morgan fingerprint density at radius 3 is 2.33 bits per heavy atom. The fourth-order valence-corrected chi connectivity index (χ4v) is 13.1. The molecule has 9 rings (SSSR count). The number of primary amides is 1. The van der Waals surface area contributed by atoms with Crippen LogP contribution in [0, 0.1) is 24.2 Å². The Bertz CT molecular complexity index is 3590. The molecule has 8 N–H and O–H groups in total. The molecule has 0 radical (unpaired) electrons. The molecule has 0 unspecified atom stereocenters. The minimum Gasteiger partial charge on any atom is -0.491 e. The van der Waals surface area contributed by atoms with Crippen molar-refractivity contribution in [3.05, 3.63) is 136 Å². The van der Waals surface area contributed by atoms with Gasteiger partial charge in [-0.25, -0.2) is 4.98 Å². The van der Waals surface area contributed by atoms with Crippen LogP contribution in [0.3, 0.4) is 0 Å². The average molecular weight is 1210 g/mol. The quantitative estimate of drug-likeness (QED) is 0.0155. The highest BCUT2D eigenvalue weighted by atomic mass is 32.1. The molecule has 2 aromatic heterocycles. The van der Waals surface area contributed by atoms with Gasteiger partial charge in [0.2, 0.25) is 29.5 Å². The number of carbonyl (C=O) groups excluding carboxylic acids is 8. The van der Waals surface area contributed by atoms with Crippen LogP contribution in [0.5, 0.6) is 5.75 Å². The summed E-state index contributed by atoms with van der Waals surface area (Å²) in [6.07, 6.45) is 3.48. The molecule has 6 aromatic rings. The number of nitrogens with one attached hydrogen (secondary N) is 3. The zero-order valence-corrected chi connectivity index (χ0v) is 50.4. The zero-order chi connectivity index (χ0) is 61.6. The molecule has 0 aliphatic carbocycles. The first kappa shape index (κ1) is 62.8. The number of aliphatic hydroxyl groups is 1. The highest BCUT2D eigenvalue weighted by Gasteiger charge is 2.46. The molecule has 0 saturated carbocycles. The van der Waals surface area contributed by atoms with Crippen LogP contribution in [-0.4, -0.2) is 114 Å². The Kier molecular flexibility index (Phi) is 19.7. The summed E-state index contributed by atoms with van der Waals surface area (Å²) >= 11 is 1.57. The Hall–Kier alpha value is -7.68. The number of aromatic nitrogens is 2. The number of anilines is 1. The first-order valence-electron chi connectivity index (χ1n) is 29.2. The fraction of sp³-hybridized carbons (Fsp3) is 0.422. The van der Waals surface area contributed by atoms with Crippen molar-refractivity contribution in [2.75, 3.05) is 18.1 Å². The Morgan fingerprint density at radius 1 is 0.895 bits per heavy atom. The number of aromatic amines is 1. The average Bonchev–Trinajstić information content (AvgIpc) is 1.87. The normalized spacial score (nSPS) is 18.3. The van der Waals surface area contributed by atoms with Gasteiger partial charge >= 0.3 is 7.60 Å². The predicted octanol–water partition coefficient (Wildman–Crippen LogP) is 7.84. The number of H-pyrrole nitrogens is 1. The number of aryl methyl sites for hydroxylation is 3. The molecule has 0 spiro atoms. The lowest BCUT2D eigenvalue weighted by Crippen LogP contribution is -2.53. The predicted molar refractivity (Wildman–Crippen MR) is 324 cm³/mol. The third-order valence-electron chi connectivity index (χ3n) is 16.6. The van der Waals surface area contributed by atoms with Gasteiger partial charge in [-0.1, -0.05) is 81.8 Å². The van der Waals surface area contributed by atoms with Crippen molar-refractivity contribution >= 4 is 82.1 Å². The summed E-state index contributed by atoms with van der Waals surface area (Å²) < 4.78 is 17.8. The molecule has 454 valence electrons. The minimum absolute atomic E-state index is 0.00964. The van der Waals surface area contributed by atoms with E-state index < -0.39 is 72.2 Å². The highest BCUT2D eigenvalue weighted by Crippen LogP contribution is 2.43. The van der Waals surface area contributed by atoms with Crippen molar-refractivity contribution in [1.82, 2.24) is 25.5 Å². The summed E-state index contributed by atoms with van der Waals surface area (Å²) in [5.74, 6) is -3.47. The number of nitrogens with two attached hydrogens (primary N) is 1. The van der Waals surface area contributed by atoms with Crippen molar-refractivity contribution in [2.45, 2.75) is 142 Å². The number of hydrogen-bond acceptors (Lipinski definition) is 13. The van der Waals surface area contributed by atoms with E-state index in [2.05, 4.69) is 20.6 Å². The monoisotopic (exact) mass is 1210 g/mol. The largest absolute Gasteiger partial charge is 0.491 e. The molecule has 20 nitrogen and oxygen atoms in total. The summed E-state index contributed by atoms with van der Waals surface area (Å²) in [7, 11) is -5.04. The van der Waals surface area contributed by atoms with E-state index in [1.54, 1.807) is 11.3 Å². The second-order valence-corrected chi connectivity index (χ2v) is 26.4. The second kappa shape index (κ2) is 26.9. The van der Waals surface area contributed by atoms with Gasteiger partial charge < -0.3 is 45.9 Å². The van der Waals surface area contributed by atoms with Crippen LogP contribution < -0.4 is 26.0 Å². The van der Waals surface area contributed by atoms with Gasteiger partial charge in [0.05, 0.1) is 39.6 Å². The Balaban J connectivity index is 0.739. The lowest BCUT2D eigenvalue weighted by Gasteiger charge is -2.34. The van der Waals surface area contributed by atoms with Gasteiger partial charge in [-0.15, -0.1) is 11.3 Å². The van der Waals surface area contributed by atoms with Crippen LogP contribution in [0.4, 0.5) is 5.69 Å². The molecule has 86 heavy (non-hydrogen) atoms. The van der Waals surface area contributed by atoms with E-state index in [9.17, 15) is 57.8 Å². The van der Waals surface area contributed by atoms with E-state index in [-0.39, 0.29) is 93.0 Å². The molecule has 5 heterocycles. The summed E-state index contributed by atoms with van der Waals surface area (Å²) in [5.41, 5.74) is 12.1. The van der Waals surface area contributed by atoms with Gasteiger partial charge in [0.1, 0.15) is 30.2 Å². The van der Waals surface area contributed by atoms with Crippen molar-refractivity contribution in [2.24, 2.45) is 23.0 Å². The van der Waals surface area contributed by atoms with E-state index in [1.165, 1.54) is 34.1 Å². The number of ketones is 2. The number of aliphatic hydroxyl groups excluding tert-OH is 1. The maximum atomic E-state index is 14.6. The molecular weight excluding hydrogens is 1140 g/mol. The summed E-state index contributed by atoms with van der Waals surface area (Å²) in [6.45, 7) is 7.96. The molecule has 1 fully saturated rings. The maximum Gasteiger partial charge on any atom is 0.396 e. The number of fused-ring (bicyclic) bond motifs is 1. The molecule has 0 bridgehead atoms. The fourth-order valence-electron chi connectivity index (χ4n) is 11.9. The van der Waals surface area contributed by atoms with Gasteiger partial charge in [-0.2, -0.15) is 0 Å². The van der Waals surface area contributed by atoms with Crippen molar-refractivity contribution in [3.63, 3.8) is 0 Å². The number of thiazole rings is 1. The van der Waals surface area contributed by atoms with Gasteiger partial charge in [-0.05, 0) is 115 Å². The Morgan fingerprint density at radius 2 is 1.63 bits per heavy atom. The molecule has 5 amide bonds. The van der Waals surface area contributed by atoms with E-state index in [0.717, 1.165) is 57.7 Å². The summed E-state index contributed by atoms with van der Waals surface area (Å²) in [6, 6.07) is 24.0.